The fourth-order valence-electron chi connectivity index (χ4n) is 2.09. The second-order valence-corrected chi connectivity index (χ2v) is 6.90. The summed E-state index contributed by atoms with van der Waals surface area (Å²) in [5.41, 5.74) is -0.802. The molecule has 0 aliphatic rings. The first-order chi connectivity index (χ1) is 11.6. The molecular weight excluding hydrogens is 362 g/mol. The van der Waals surface area contributed by atoms with Gasteiger partial charge in [-0.3, -0.25) is 0 Å². The number of ether oxygens (including phenoxy) is 1. The molecule has 0 saturated heterocycles. The number of nitrogens with one attached hydrogen (secondary N) is 1. The first-order valence-corrected chi connectivity index (χ1v) is 8.61. The average molecular weight is 377 g/mol. The van der Waals surface area contributed by atoms with Gasteiger partial charge in [0.1, 0.15) is 11.6 Å². The smallest absolute Gasteiger partial charge is 0.419 e. The van der Waals surface area contributed by atoms with Crippen molar-refractivity contribution in [1.82, 2.24) is 4.72 Å². The third-order valence-electron chi connectivity index (χ3n) is 3.42. The van der Waals surface area contributed by atoms with Gasteiger partial charge in [-0.15, -0.1) is 0 Å². The molecule has 0 bridgehead atoms. The topological polar surface area (TPSA) is 55.4 Å². The molecule has 0 spiro atoms. The first kappa shape index (κ1) is 19.2. The van der Waals surface area contributed by atoms with Crippen LogP contribution in [0.5, 0.6) is 5.75 Å². The van der Waals surface area contributed by atoms with Crippen LogP contribution in [-0.2, 0) is 22.6 Å². The second kappa shape index (κ2) is 7.40. The van der Waals surface area contributed by atoms with Gasteiger partial charge in [0, 0.05) is 6.54 Å². The SMILES string of the molecule is COc1ccc(CCNS(=O)(=O)c2ccc(F)c(C(F)(F)F)c2)cc1. The van der Waals surface area contributed by atoms with Crippen molar-refractivity contribution in [3.8, 4) is 5.75 Å². The van der Waals surface area contributed by atoms with Gasteiger partial charge < -0.3 is 4.74 Å². The van der Waals surface area contributed by atoms with E-state index in [0.29, 0.717) is 18.2 Å². The minimum Gasteiger partial charge on any atom is -0.497 e. The molecule has 0 radical (unpaired) electrons. The fraction of sp³-hybridized carbons (Fsp3) is 0.250. The lowest BCUT2D eigenvalue weighted by Gasteiger charge is -2.11. The van der Waals surface area contributed by atoms with Gasteiger partial charge in [0.15, 0.2) is 0 Å². The quantitative estimate of drug-likeness (QED) is 0.786. The largest absolute Gasteiger partial charge is 0.497 e. The maximum Gasteiger partial charge on any atom is 0.419 e. The van der Waals surface area contributed by atoms with E-state index in [1.807, 2.05) is 0 Å². The summed E-state index contributed by atoms with van der Waals surface area (Å²) in [5.74, 6) is -0.875. The number of benzene rings is 2. The van der Waals surface area contributed by atoms with Gasteiger partial charge in [0.2, 0.25) is 10.0 Å². The fourth-order valence-corrected chi connectivity index (χ4v) is 3.15. The molecule has 0 unspecified atom stereocenters. The van der Waals surface area contributed by atoms with E-state index in [9.17, 15) is 26.0 Å². The molecule has 0 amide bonds. The Morgan fingerprint density at radius 2 is 1.72 bits per heavy atom. The van der Waals surface area contributed by atoms with E-state index < -0.39 is 32.5 Å². The molecule has 1 N–H and O–H groups in total. The number of methoxy groups -OCH3 is 1. The Labute approximate surface area is 142 Å². The lowest BCUT2D eigenvalue weighted by molar-refractivity contribution is -0.140. The predicted molar refractivity (Wildman–Crippen MR) is 83.3 cm³/mol. The molecule has 0 heterocycles. The zero-order valence-corrected chi connectivity index (χ0v) is 13.9. The van der Waals surface area contributed by atoms with E-state index in [0.717, 1.165) is 11.6 Å². The van der Waals surface area contributed by atoms with Crippen LogP contribution in [0.1, 0.15) is 11.1 Å². The summed E-state index contributed by atoms with van der Waals surface area (Å²) >= 11 is 0. The molecule has 2 rings (SSSR count). The Morgan fingerprint density at radius 1 is 1.08 bits per heavy atom. The molecule has 2 aromatic carbocycles. The molecule has 0 atom stereocenters. The van der Waals surface area contributed by atoms with E-state index in [-0.39, 0.29) is 12.6 Å². The van der Waals surface area contributed by atoms with E-state index >= 15 is 0 Å². The Kier molecular flexibility index (Phi) is 5.69. The molecular formula is C16H15F4NO3S. The monoisotopic (exact) mass is 377 g/mol. The van der Waals surface area contributed by atoms with Gasteiger partial charge in [-0.1, -0.05) is 12.1 Å². The van der Waals surface area contributed by atoms with Crippen molar-refractivity contribution in [2.24, 2.45) is 0 Å². The first-order valence-electron chi connectivity index (χ1n) is 7.13. The van der Waals surface area contributed by atoms with Gasteiger partial charge in [0.25, 0.3) is 0 Å². The van der Waals surface area contributed by atoms with Gasteiger partial charge in [-0.25, -0.2) is 17.5 Å². The zero-order valence-electron chi connectivity index (χ0n) is 13.1. The summed E-state index contributed by atoms with van der Waals surface area (Å²) in [6.45, 7) is -0.0204. The molecule has 0 fully saturated rings. The molecule has 0 saturated carbocycles. The highest BCUT2D eigenvalue weighted by molar-refractivity contribution is 7.89. The van der Waals surface area contributed by atoms with Crippen molar-refractivity contribution in [2.45, 2.75) is 17.5 Å². The minimum atomic E-state index is -4.97. The highest BCUT2D eigenvalue weighted by Gasteiger charge is 2.35. The van der Waals surface area contributed by atoms with Gasteiger partial charge >= 0.3 is 6.18 Å². The van der Waals surface area contributed by atoms with Crippen LogP contribution in [0, 0.1) is 5.82 Å². The van der Waals surface area contributed by atoms with Crippen LogP contribution >= 0.6 is 0 Å². The van der Waals surface area contributed by atoms with Crippen molar-refractivity contribution >= 4 is 10.0 Å². The lowest BCUT2D eigenvalue weighted by atomic mass is 10.1. The van der Waals surface area contributed by atoms with Crippen LogP contribution in [0.2, 0.25) is 0 Å². The van der Waals surface area contributed by atoms with Crippen molar-refractivity contribution in [1.29, 1.82) is 0 Å². The van der Waals surface area contributed by atoms with Crippen LogP contribution < -0.4 is 9.46 Å². The molecule has 0 aromatic heterocycles. The van der Waals surface area contributed by atoms with Crippen molar-refractivity contribution in [3.63, 3.8) is 0 Å². The van der Waals surface area contributed by atoms with E-state index in [4.69, 9.17) is 4.74 Å². The molecule has 25 heavy (non-hydrogen) atoms. The van der Waals surface area contributed by atoms with E-state index in [1.165, 1.54) is 7.11 Å². The lowest BCUT2D eigenvalue weighted by Crippen LogP contribution is -2.26. The molecule has 0 aliphatic heterocycles. The number of alkyl halides is 3. The Morgan fingerprint density at radius 3 is 2.28 bits per heavy atom. The number of rotatable bonds is 6. The summed E-state index contributed by atoms with van der Waals surface area (Å²) < 4.78 is 82.7. The molecule has 9 heteroatoms. The van der Waals surface area contributed by atoms with Crippen molar-refractivity contribution in [2.75, 3.05) is 13.7 Å². The van der Waals surface area contributed by atoms with Crippen LogP contribution in [0.4, 0.5) is 17.6 Å². The van der Waals surface area contributed by atoms with Crippen LogP contribution in [0.15, 0.2) is 47.4 Å². The van der Waals surface area contributed by atoms with Crippen molar-refractivity contribution < 1.29 is 30.7 Å². The predicted octanol–water partition coefficient (Wildman–Crippen LogP) is 3.37. The van der Waals surface area contributed by atoms with Crippen LogP contribution in [0.25, 0.3) is 0 Å². The highest BCUT2D eigenvalue weighted by Crippen LogP contribution is 2.32. The summed E-state index contributed by atoms with van der Waals surface area (Å²) in [5, 5.41) is 0. The summed E-state index contributed by atoms with van der Waals surface area (Å²) in [6, 6.07) is 8.46. The molecule has 0 aliphatic carbocycles. The number of hydrogen-bond acceptors (Lipinski definition) is 3. The third kappa shape index (κ3) is 4.93. The second-order valence-electron chi connectivity index (χ2n) is 5.14. The van der Waals surface area contributed by atoms with Gasteiger partial charge in [-0.2, -0.15) is 13.2 Å². The number of sulfonamides is 1. The van der Waals surface area contributed by atoms with Crippen molar-refractivity contribution in [3.05, 3.63) is 59.4 Å². The maximum atomic E-state index is 13.2. The van der Waals surface area contributed by atoms with E-state index in [1.54, 1.807) is 24.3 Å². The molecule has 136 valence electrons. The average Bonchev–Trinajstić information content (AvgIpc) is 2.54. The van der Waals surface area contributed by atoms with Crippen LogP contribution in [-0.4, -0.2) is 22.1 Å². The summed E-state index contributed by atoms with van der Waals surface area (Å²) in [6.07, 6.45) is -4.64. The minimum absolute atomic E-state index is 0.0204. The van der Waals surface area contributed by atoms with Gasteiger partial charge in [0.05, 0.1) is 17.6 Å². The summed E-state index contributed by atoms with van der Waals surface area (Å²) in [7, 11) is -2.67. The van der Waals surface area contributed by atoms with Gasteiger partial charge in [-0.05, 0) is 42.3 Å². The third-order valence-corrected chi connectivity index (χ3v) is 4.88. The maximum absolute atomic E-state index is 13.2. The highest BCUT2D eigenvalue weighted by atomic mass is 32.2. The van der Waals surface area contributed by atoms with E-state index in [2.05, 4.69) is 4.72 Å². The summed E-state index contributed by atoms with van der Waals surface area (Å²) in [4.78, 5) is -0.643. The Bertz CT molecular complexity index is 833. The zero-order chi connectivity index (χ0) is 18.7. The Hall–Kier alpha value is -2.13. The van der Waals surface area contributed by atoms with Crippen LogP contribution in [0.3, 0.4) is 0 Å². The molecule has 2 aromatic rings. The number of halogens is 4. The molecule has 4 nitrogen and oxygen atoms in total. The number of hydrogen-bond donors (Lipinski definition) is 1. The normalized spacial score (nSPS) is 12.2. The Balaban J connectivity index is 2.08. The standard InChI is InChI=1S/C16H15F4NO3S/c1-24-12-4-2-11(3-5-12)8-9-21-25(22,23)13-6-7-15(17)14(10-13)16(18,19)20/h2-7,10,21H,8-9H2,1H3.